The Kier molecular flexibility index (Phi) is 3.31. The number of hydrogen-bond acceptors (Lipinski definition) is 5. The minimum atomic E-state index is 0.645. The fourth-order valence-electron chi connectivity index (χ4n) is 2.03. The number of nitrogens with zero attached hydrogens (tertiary/aromatic N) is 3. The molecule has 0 amide bonds. The average molecular weight is 212 g/mol. The van der Waals surface area contributed by atoms with Crippen molar-refractivity contribution in [2.75, 3.05) is 18.0 Å². The summed E-state index contributed by atoms with van der Waals surface area (Å²) in [5, 5.41) is 1.07. The highest BCUT2D eigenvalue weighted by atomic mass is 32.1. The van der Waals surface area contributed by atoms with Crippen LogP contribution in [0.3, 0.4) is 0 Å². The fraction of sp³-hybridized carbons (Fsp3) is 0.778. The minimum Gasteiger partial charge on any atom is -0.344 e. The third-order valence-corrected chi connectivity index (χ3v) is 3.42. The molecule has 0 aliphatic carbocycles. The lowest BCUT2D eigenvalue weighted by molar-refractivity contribution is 0.585. The fourth-order valence-corrected chi connectivity index (χ4v) is 2.66. The molecule has 1 fully saturated rings. The van der Waals surface area contributed by atoms with Gasteiger partial charge in [0, 0.05) is 24.1 Å². The van der Waals surface area contributed by atoms with Crippen LogP contribution in [0.1, 0.15) is 25.7 Å². The Hall–Kier alpha value is -0.680. The molecule has 1 aliphatic heterocycles. The van der Waals surface area contributed by atoms with Crippen LogP contribution in [0, 0.1) is 0 Å². The van der Waals surface area contributed by atoms with Crippen LogP contribution in [0.25, 0.3) is 0 Å². The van der Waals surface area contributed by atoms with Crippen LogP contribution in [-0.2, 0) is 0 Å². The van der Waals surface area contributed by atoms with Crippen LogP contribution in [0.2, 0.25) is 0 Å². The second kappa shape index (κ2) is 4.70. The van der Waals surface area contributed by atoms with Crippen LogP contribution in [0.4, 0.5) is 5.13 Å². The van der Waals surface area contributed by atoms with Gasteiger partial charge in [0.05, 0.1) is 0 Å². The Morgan fingerprint density at radius 1 is 1.64 bits per heavy atom. The van der Waals surface area contributed by atoms with Crippen molar-refractivity contribution in [2.24, 2.45) is 5.73 Å². The van der Waals surface area contributed by atoms with E-state index in [1.807, 2.05) is 0 Å². The molecule has 4 nitrogen and oxygen atoms in total. The molecule has 14 heavy (non-hydrogen) atoms. The maximum atomic E-state index is 5.53. The van der Waals surface area contributed by atoms with Gasteiger partial charge < -0.3 is 10.6 Å². The summed E-state index contributed by atoms with van der Waals surface area (Å²) in [5.74, 6) is 0. The van der Waals surface area contributed by atoms with Gasteiger partial charge in [-0.15, -0.1) is 0 Å². The molecule has 1 atom stereocenters. The molecule has 0 radical (unpaired) electrons. The molecule has 1 saturated heterocycles. The first-order chi connectivity index (χ1) is 6.92. The quantitative estimate of drug-likeness (QED) is 0.816. The number of rotatable bonds is 4. The molecule has 2 N–H and O–H groups in total. The molecular formula is C9H16N4S. The molecule has 5 heteroatoms. The molecule has 0 saturated carbocycles. The van der Waals surface area contributed by atoms with Gasteiger partial charge in [-0.2, -0.15) is 4.37 Å². The highest BCUT2D eigenvalue weighted by Crippen LogP contribution is 2.28. The van der Waals surface area contributed by atoms with Crippen LogP contribution in [0.5, 0.6) is 0 Å². The van der Waals surface area contributed by atoms with E-state index in [2.05, 4.69) is 14.3 Å². The predicted octanol–water partition coefficient (Wildman–Crippen LogP) is 1.25. The van der Waals surface area contributed by atoms with Gasteiger partial charge in [-0.25, -0.2) is 4.98 Å². The SMILES string of the molecule is NCCCC1CCCN1c1ncns1. The van der Waals surface area contributed by atoms with E-state index in [0.717, 1.165) is 24.6 Å². The van der Waals surface area contributed by atoms with Crippen molar-refractivity contribution in [3.05, 3.63) is 6.33 Å². The Labute approximate surface area is 88.3 Å². The highest BCUT2D eigenvalue weighted by Gasteiger charge is 2.25. The largest absolute Gasteiger partial charge is 0.344 e. The van der Waals surface area contributed by atoms with Crippen molar-refractivity contribution in [1.29, 1.82) is 0 Å². The number of anilines is 1. The smallest absolute Gasteiger partial charge is 0.205 e. The summed E-state index contributed by atoms with van der Waals surface area (Å²) < 4.78 is 4.05. The standard InChI is InChI=1S/C9H16N4S/c10-5-1-3-8-4-2-6-13(8)9-11-7-12-14-9/h7-8H,1-6,10H2. The average Bonchev–Trinajstić information content (AvgIpc) is 2.84. The van der Waals surface area contributed by atoms with Gasteiger partial charge in [-0.3, -0.25) is 0 Å². The van der Waals surface area contributed by atoms with E-state index in [9.17, 15) is 0 Å². The zero-order valence-corrected chi connectivity index (χ0v) is 9.04. The summed E-state index contributed by atoms with van der Waals surface area (Å²) in [6, 6.07) is 0.645. The van der Waals surface area contributed by atoms with Crippen molar-refractivity contribution in [3.8, 4) is 0 Å². The monoisotopic (exact) mass is 212 g/mol. The first-order valence-electron chi connectivity index (χ1n) is 5.15. The van der Waals surface area contributed by atoms with Gasteiger partial charge in [-0.05, 0) is 32.2 Å². The van der Waals surface area contributed by atoms with E-state index >= 15 is 0 Å². The third-order valence-electron chi connectivity index (χ3n) is 2.71. The summed E-state index contributed by atoms with van der Waals surface area (Å²) in [6.07, 6.45) is 6.49. The maximum Gasteiger partial charge on any atom is 0.205 e. The van der Waals surface area contributed by atoms with E-state index in [4.69, 9.17) is 5.73 Å². The molecule has 0 spiro atoms. The Morgan fingerprint density at radius 3 is 3.29 bits per heavy atom. The van der Waals surface area contributed by atoms with Crippen LogP contribution in [0.15, 0.2) is 6.33 Å². The molecule has 1 aromatic rings. The Bertz CT molecular complexity index is 262. The van der Waals surface area contributed by atoms with E-state index in [0.29, 0.717) is 6.04 Å². The zero-order valence-electron chi connectivity index (χ0n) is 8.22. The van der Waals surface area contributed by atoms with Crippen molar-refractivity contribution in [2.45, 2.75) is 31.7 Å². The van der Waals surface area contributed by atoms with Crippen molar-refractivity contribution in [1.82, 2.24) is 9.36 Å². The molecular weight excluding hydrogens is 196 g/mol. The molecule has 78 valence electrons. The predicted molar refractivity (Wildman–Crippen MR) is 58.6 cm³/mol. The normalized spacial score (nSPS) is 21.8. The summed E-state index contributed by atoms with van der Waals surface area (Å²) in [5.41, 5.74) is 5.53. The lowest BCUT2D eigenvalue weighted by Crippen LogP contribution is -2.29. The Balaban J connectivity index is 1.97. The summed E-state index contributed by atoms with van der Waals surface area (Å²) in [4.78, 5) is 6.64. The van der Waals surface area contributed by atoms with Gasteiger partial charge in [0.1, 0.15) is 6.33 Å². The zero-order chi connectivity index (χ0) is 9.80. The van der Waals surface area contributed by atoms with E-state index in [-0.39, 0.29) is 0 Å². The number of aromatic nitrogens is 2. The minimum absolute atomic E-state index is 0.645. The van der Waals surface area contributed by atoms with Crippen LogP contribution >= 0.6 is 11.5 Å². The molecule has 2 rings (SSSR count). The first kappa shape index (κ1) is 9.86. The Morgan fingerprint density at radius 2 is 2.57 bits per heavy atom. The van der Waals surface area contributed by atoms with Crippen molar-refractivity contribution >= 4 is 16.7 Å². The first-order valence-corrected chi connectivity index (χ1v) is 5.92. The lowest BCUT2D eigenvalue weighted by Gasteiger charge is -2.23. The van der Waals surface area contributed by atoms with Gasteiger partial charge in [-0.1, -0.05) is 0 Å². The van der Waals surface area contributed by atoms with E-state index in [1.165, 1.54) is 30.8 Å². The molecule has 0 bridgehead atoms. The topological polar surface area (TPSA) is 55.0 Å². The molecule has 1 unspecified atom stereocenters. The van der Waals surface area contributed by atoms with Gasteiger partial charge >= 0.3 is 0 Å². The van der Waals surface area contributed by atoms with E-state index in [1.54, 1.807) is 6.33 Å². The van der Waals surface area contributed by atoms with Gasteiger partial charge in [0.15, 0.2) is 0 Å². The maximum absolute atomic E-state index is 5.53. The second-order valence-electron chi connectivity index (χ2n) is 3.64. The summed E-state index contributed by atoms with van der Waals surface area (Å²) in [7, 11) is 0. The van der Waals surface area contributed by atoms with Gasteiger partial charge in [0.25, 0.3) is 0 Å². The third kappa shape index (κ3) is 2.04. The van der Waals surface area contributed by atoms with Crippen LogP contribution in [-0.4, -0.2) is 28.5 Å². The van der Waals surface area contributed by atoms with Crippen molar-refractivity contribution in [3.63, 3.8) is 0 Å². The molecule has 0 aromatic carbocycles. The lowest BCUT2D eigenvalue weighted by atomic mass is 10.1. The molecule has 1 aromatic heterocycles. The van der Waals surface area contributed by atoms with E-state index < -0.39 is 0 Å². The second-order valence-corrected chi connectivity index (χ2v) is 4.40. The summed E-state index contributed by atoms with van der Waals surface area (Å²) in [6.45, 7) is 1.92. The number of nitrogens with two attached hydrogens (primary N) is 1. The van der Waals surface area contributed by atoms with Gasteiger partial charge in [0.2, 0.25) is 5.13 Å². The van der Waals surface area contributed by atoms with Crippen LogP contribution < -0.4 is 10.6 Å². The molecule has 1 aliphatic rings. The van der Waals surface area contributed by atoms with Crippen molar-refractivity contribution < 1.29 is 0 Å². The summed E-state index contributed by atoms with van der Waals surface area (Å²) >= 11 is 1.49. The highest BCUT2D eigenvalue weighted by molar-refractivity contribution is 7.09. The molecule has 2 heterocycles. The number of hydrogen-bond donors (Lipinski definition) is 1.